The number of sulfone groups is 1. The number of rotatable bonds is 2. The minimum atomic E-state index is -3.65. The Labute approximate surface area is 197 Å². The molecule has 0 amide bonds. The first-order valence-electron chi connectivity index (χ1n) is 4.79. The molecule has 0 atom stereocenters. The Morgan fingerprint density at radius 2 is 0.895 bits per heavy atom. The van der Waals surface area contributed by atoms with E-state index in [0.717, 1.165) is 0 Å². The number of hydrogen-bond acceptors (Lipinski definition) is 4. The van der Waals surface area contributed by atoms with Crippen LogP contribution in [0.15, 0.2) is 58.3 Å². The van der Waals surface area contributed by atoms with Crippen LogP contribution < -0.4 is 113 Å². The van der Waals surface area contributed by atoms with Gasteiger partial charge in [-0.3, -0.25) is 0 Å². The van der Waals surface area contributed by atoms with Crippen molar-refractivity contribution < 1.29 is 121 Å². The van der Waals surface area contributed by atoms with Gasteiger partial charge < -0.3 is 10.2 Å². The Kier molecular flexibility index (Phi) is 9.22. The van der Waals surface area contributed by atoms with Gasteiger partial charge in [-0.25, -0.2) is 8.42 Å². The van der Waals surface area contributed by atoms with Crippen LogP contribution in [0.25, 0.3) is 0 Å². The van der Waals surface area contributed by atoms with Gasteiger partial charge in [0.2, 0.25) is 9.84 Å². The zero-order chi connectivity index (χ0) is 12.5. The van der Waals surface area contributed by atoms with Crippen molar-refractivity contribution in [2.45, 2.75) is 9.79 Å². The van der Waals surface area contributed by atoms with Crippen molar-refractivity contribution in [3.05, 3.63) is 48.5 Å². The van der Waals surface area contributed by atoms with Crippen molar-refractivity contribution in [1.29, 1.82) is 0 Å². The van der Waals surface area contributed by atoms with Gasteiger partial charge in [-0.1, -0.05) is 24.3 Å². The van der Waals surface area contributed by atoms with Crippen molar-refractivity contribution in [2.75, 3.05) is 0 Å². The largest absolute Gasteiger partial charge is 1.00 e. The molecule has 0 unspecified atom stereocenters. The average molecular weight is 326 g/mol. The molecule has 19 heavy (non-hydrogen) atoms. The molecule has 0 aliphatic rings. The van der Waals surface area contributed by atoms with Gasteiger partial charge in [0.05, 0.1) is 9.79 Å². The third-order valence-corrected chi connectivity index (χ3v) is 4.05. The first-order valence-corrected chi connectivity index (χ1v) is 6.28. The summed E-state index contributed by atoms with van der Waals surface area (Å²) in [7, 11) is -3.65. The third kappa shape index (κ3) is 5.19. The molecule has 2 aromatic carbocycles. The van der Waals surface area contributed by atoms with Gasteiger partial charge in [-0.2, -0.15) is 0 Å². The van der Waals surface area contributed by atoms with E-state index < -0.39 is 9.84 Å². The summed E-state index contributed by atoms with van der Waals surface area (Å²) in [5.41, 5.74) is 0. The summed E-state index contributed by atoms with van der Waals surface area (Å²) < 4.78 is 24.1. The van der Waals surface area contributed by atoms with Gasteiger partial charge >= 0.3 is 103 Å². The first-order chi connectivity index (χ1) is 8.00. The van der Waals surface area contributed by atoms with E-state index in [1.807, 2.05) is 0 Å². The van der Waals surface area contributed by atoms with Crippen LogP contribution in [0.4, 0.5) is 0 Å². The summed E-state index contributed by atoms with van der Waals surface area (Å²) >= 11 is 0. The Balaban J connectivity index is 0.00000162. The quantitative estimate of drug-likeness (QED) is 0.516. The second-order valence-electron chi connectivity index (χ2n) is 3.45. The van der Waals surface area contributed by atoms with Gasteiger partial charge in [0, 0.05) is 0 Å². The van der Waals surface area contributed by atoms with Gasteiger partial charge in [0.1, 0.15) is 0 Å². The van der Waals surface area contributed by atoms with Crippen molar-refractivity contribution in [3.63, 3.8) is 0 Å². The summed E-state index contributed by atoms with van der Waals surface area (Å²) in [4.78, 5) is 0.0755. The van der Waals surface area contributed by atoms with Crippen LogP contribution in [0.5, 0.6) is 11.5 Å². The monoisotopic (exact) mass is 326 g/mol. The average Bonchev–Trinajstić information content (AvgIpc) is 2.30. The van der Waals surface area contributed by atoms with Crippen LogP contribution >= 0.6 is 0 Å². The molecule has 2 rings (SSSR count). The van der Waals surface area contributed by atoms with Crippen LogP contribution in [0.3, 0.4) is 0 Å². The molecule has 2 aromatic rings. The maximum Gasteiger partial charge on any atom is 1.00 e. The summed E-state index contributed by atoms with van der Waals surface area (Å²) in [5.74, 6) is -0.502. The molecule has 0 aliphatic heterocycles. The maximum absolute atomic E-state index is 12.1. The van der Waals surface area contributed by atoms with E-state index in [1.54, 1.807) is 0 Å². The maximum atomic E-state index is 12.1. The predicted molar refractivity (Wildman–Crippen MR) is 57.2 cm³/mol. The smallest absolute Gasteiger partial charge is 0.872 e. The molecule has 88 valence electrons. The van der Waals surface area contributed by atoms with E-state index in [4.69, 9.17) is 0 Å². The van der Waals surface area contributed by atoms with E-state index in [-0.39, 0.29) is 124 Å². The van der Waals surface area contributed by atoms with Crippen LogP contribution in [-0.2, 0) is 9.84 Å². The van der Waals surface area contributed by atoms with Crippen molar-refractivity contribution in [3.8, 4) is 11.5 Å². The van der Waals surface area contributed by atoms with Crippen molar-refractivity contribution in [1.82, 2.24) is 0 Å². The summed E-state index contributed by atoms with van der Waals surface area (Å²) in [6.07, 6.45) is 0. The second kappa shape index (κ2) is 8.64. The molecule has 0 spiro atoms. The Hall–Kier alpha value is 1.26. The number of hydrogen-bond donors (Lipinski definition) is 0. The normalized spacial score (nSPS) is 10.1. The van der Waals surface area contributed by atoms with E-state index in [9.17, 15) is 18.6 Å². The van der Waals surface area contributed by atoms with E-state index >= 15 is 0 Å². The van der Waals surface area contributed by atoms with E-state index in [2.05, 4.69) is 0 Å². The summed E-state index contributed by atoms with van der Waals surface area (Å²) in [6, 6.07) is 9.77. The second-order valence-corrected chi connectivity index (χ2v) is 5.40. The fraction of sp³-hybridized carbons (Fsp3) is 0. The number of benzene rings is 2. The Bertz CT molecular complexity index is 570. The molecular weight excluding hydrogens is 318 g/mol. The van der Waals surface area contributed by atoms with Gasteiger partial charge in [0.25, 0.3) is 0 Å². The van der Waals surface area contributed by atoms with Gasteiger partial charge in [-0.15, -0.1) is 11.5 Å². The van der Waals surface area contributed by atoms with Crippen LogP contribution in [0, 0.1) is 0 Å². The van der Waals surface area contributed by atoms with Crippen molar-refractivity contribution in [2.24, 2.45) is 0 Å². The molecule has 7 heteroatoms. The molecule has 0 radical (unpaired) electrons. The topological polar surface area (TPSA) is 80.3 Å². The van der Waals surface area contributed by atoms with Crippen molar-refractivity contribution >= 4 is 9.84 Å². The third-order valence-electron chi connectivity index (χ3n) is 2.27. The van der Waals surface area contributed by atoms with Crippen LogP contribution in [0.2, 0.25) is 0 Å². The van der Waals surface area contributed by atoms with Crippen LogP contribution in [0.1, 0.15) is 0 Å². The molecule has 0 bridgehead atoms. The standard InChI is InChI=1S/C12H10O4S.2K/c13-9-1-5-11(6-2-9)17(15,16)12-7-3-10(14)4-8-12;;/h1-8,13-14H;;/q;2*+1/p-2. The molecular formula is C12H8K2O4S. The molecule has 0 aliphatic carbocycles. The molecule has 0 saturated heterocycles. The molecule has 0 N–H and O–H groups in total. The zero-order valence-corrected chi connectivity index (χ0v) is 17.7. The van der Waals surface area contributed by atoms with Gasteiger partial charge in [-0.05, 0) is 24.3 Å². The molecule has 0 saturated carbocycles. The first kappa shape index (κ1) is 20.3. The van der Waals surface area contributed by atoms with E-state index in [1.165, 1.54) is 48.5 Å². The fourth-order valence-corrected chi connectivity index (χ4v) is 2.63. The van der Waals surface area contributed by atoms with Crippen LogP contribution in [-0.4, -0.2) is 8.42 Å². The molecule has 0 fully saturated rings. The minimum Gasteiger partial charge on any atom is -0.872 e. The molecule has 4 nitrogen and oxygen atoms in total. The Morgan fingerprint density at radius 1 is 0.632 bits per heavy atom. The minimum absolute atomic E-state index is 0. The van der Waals surface area contributed by atoms with Gasteiger partial charge in [0.15, 0.2) is 0 Å². The summed E-state index contributed by atoms with van der Waals surface area (Å²) in [5, 5.41) is 21.8. The molecule has 0 heterocycles. The van der Waals surface area contributed by atoms with E-state index in [0.29, 0.717) is 0 Å². The zero-order valence-electron chi connectivity index (χ0n) is 10.7. The SMILES string of the molecule is O=S(=O)(c1ccc([O-])cc1)c1ccc([O-])cc1.[K+].[K+]. The molecule has 0 aromatic heterocycles. The Morgan fingerprint density at radius 3 is 1.16 bits per heavy atom. The summed E-state index contributed by atoms with van der Waals surface area (Å²) in [6.45, 7) is 0. The predicted octanol–water partition coefficient (Wildman–Crippen LogP) is -5.33. The fourth-order valence-electron chi connectivity index (χ4n) is 1.37.